The smallest absolute Gasteiger partial charge is 0.0604 e. The van der Waals surface area contributed by atoms with Crippen LogP contribution in [0.4, 0.5) is 0 Å². The monoisotopic (exact) mass is 333 g/mol. The predicted molar refractivity (Wildman–Crippen MR) is 87.1 cm³/mol. The van der Waals surface area contributed by atoms with E-state index < -0.39 is 10.8 Å². The van der Waals surface area contributed by atoms with E-state index in [2.05, 4.69) is 19.2 Å². The second-order valence-corrected chi connectivity index (χ2v) is 8.55. The van der Waals surface area contributed by atoms with Gasteiger partial charge in [-0.15, -0.1) is 0 Å². The third-order valence-electron chi connectivity index (χ3n) is 4.23. The molecule has 3 unspecified atom stereocenters. The first-order valence-electron chi connectivity index (χ1n) is 6.89. The van der Waals surface area contributed by atoms with Crippen LogP contribution in [0.1, 0.15) is 33.1 Å². The van der Waals surface area contributed by atoms with Gasteiger partial charge in [0.05, 0.1) is 26.1 Å². The zero-order chi connectivity index (χ0) is 14.9. The van der Waals surface area contributed by atoms with Gasteiger partial charge >= 0.3 is 0 Å². The predicted octanol–water partition coefficient (Wildman–Crippen LogP) is 4.27. The first-order chi connectivity index (χ1) is 9.36. The van der Waals surface area contributed by atoms with E-state index in [1.807, 2.05) is 13.1 Å². The highest BCUT2D eigenvalue weighted by Crippen LogP contribution is 2.39. The molecule has 112 valence electrons. The minimum absolute atomic E-state index is 0.112. The SMILES string of the molecule is CNC1C(S(=O)c2ccc(Cl)c(Cl)c2)CCCC1(C)C. The van der Waals surface area contributed by atoms with Crippen molar-refractivity contribution in [1.82, 2.24) is 5.32 Å². The molecular formula is C15H21Cl2NOS. The largest absolute Gasteiger partial charge is 0.315 e. The van der Waals surface area contributed by atoms with Gasteiger partial charge in [0, 0.05) is 10.9 Å². The molecule has 2 nitrogen and oxygen atoms in total. The second kappa shape index (κ2) is 6.35. The lowest BCUT2D eigenvalue weighted by atomic mass is 9.73. The third-order valence-corrected chi connectivity index (χ3v) is 6.75. The Balaban J connectivity index is 2.29. The molecule has 0 spiro atoms. The average molecular weight is 334 g/mol. The van der Waals surface area contributed by atoms with Crippen LogP contribution in [0.3, 0.4) is 0 Å². The van der Waals surface area contributed by atoms with Gasteiger partial charge in [-0.3, -0.25) is 4.21 Å². The molecule has 5 heteroatoms. The lowest BCUT2D eigenvalue weighted by molar-refractivity contribution is 0.180. The zero-order valence-corrected chi connectivity index (χ0v) is 14.4. The van der Waals surface area contributed by atoms with Crippen LogP contribution in [0.5, 0.6) is 0 Å². The number of nitrogens with one attached hydrogen (secondary N) is 1. The third kappa shape index (κ3) is 3.22. The van der Waals surface area contributed by atoms with Crippen LogP contribution in [-0.4, -0.2) is 22.5 Å². The van der Waals surface area contributed by atoms with Crippen LogP contribution in [0, 0.1) is 5.41 Å². The molecule has 0 radical (unpaired) electrons. The normalized spacial score (nSPS) is 27.2. The van der Waals surface area contributed by atoms with Crippen molar-refractivity contribution in [3.05, 3.63) is 28.2 Å². The maximum atomic E-state index is 12.9. The van der Waals surface area contributed by atoms with Crippen LogP contribution in [-0.2, 0) is 10.8 Å². The topological polar surface area (TPSA) is 29.1 Å². The summed E-state index contributed by atoms with van der Waals surface area (Å²) in [5, 5.41) is 4.45. The molecule has 1 aromatic rings. The lowest BCUT2D eigenvalue weighted by Gasteiger charge is -2.43. The standard InChI is InChI=1S/C15H21Cl2NOS/c1-15(2)8-4-5-13(14(15)18-3)20(19)10-6-7-11(16)12(17)9-10/h6-7,9,13-14,18H,4-5,8H2,1-3H3. The van der Waals surface area contributed by atoms with Gasteiger partial charge in [-0.1, -0.05) is 43.5 Å². The van der Waals surface area contributed by atoms with Crippen molar-refractivity contribution in [2.24, 2.45) is 5.41 Å². The quantitative estimate of drug-likeness (QED) is 0.894. The maximum Gasteiger partial charge on any atom is 0.0604 e. The molecule has 1 saturated carbocycles. The van der Waals surface area contributed by atoms with Crippen LogP contribution in [0.2, 0.25) is 10.0 Å². The first-order valence-corrected chi connectivity index (χ1v) is 8.86. The molecule has 3 atom stereocenters. The minimum atomic E-state index is -1.07. The summed E-state index contributed by atoms with van der Waals surface area (Å²) in [5.41, 5.74) is 0.156. The molecule has 1 aliphatic rings. The number of rotatable bonds is 3. The van der Waals surface area contributed by atoms with E-state index in [4.69, 9.17) is 23.2 Å². The molecule has 1 N–H and O–H groups in total. The Bertz CT molecular complexity index is 519. The maximum absolute atomic E-state index is 12.9. The first kappa shape index (κ1) is 16.3. The van der Waals surface area contributed by atoms with Gasteiger partial charge in [-0.25, -0.2) is 0 Å². The molecule has 0 saturated heterocycles. The fourth-order valence-corrected chi connectivity index (χ4v) is 5.45. The average Bonchev–Trinajstić information content (AvgIpc) is 2.39. The van der Waals surface area contributed by atoms with E-state index in [-0.39, 0.29) is 16.7 Å². The number of halogens is 2. The molecule has 0 heterocycles. The summed E-state index contributed by atoms with van der Waals surface area (Å²) in [6, 6.07) is 5.51. The van der Waals surface area contributed by atoms with Gasteiger partial charge in [-0.05, 0) is 43.5 Å². The van der Waals surface area contributed by atoms with Gasteiger partial charge in [-0.2, -0.15) is 0 Å². The summed E-state index contributed by atoms with van der Waals surface area (Å²) < 4.78 is 12.9. The number of benzene rings is 1. The van der Waals surface area contributed by atoms with Gasteiger partial charge in [0.25, 0.3) is 0 Å². The summed E-state index contributed by atoms with van der Waals surface area (Å²) in [6.07, 6.45) is 3.25. The Morgan fingerprint density at radius 3 is 2.60 bits per heavy atom. The highest BCUT2D eigenvalue weighted by Gasteiger charge is 2.41. The summed E-state index contributed by atoms with van der Waals surface area (Å²) >= 11 is 12.0. The van der Waals surface area contributed by atoms with Crippen LogP contribution in [0.15, 0.2) is 23.1 Å². The number of hydrogen-bond donors (Lipinski definition) is 1. The molecule has 2 rings (SSSR count). The molecule has 0 aromatic heterocycles. The van der Waals surface area contributed by atoms with Crippen molar-refractivity contribution in [2.75, 3.05) is 7.05 Å². The Hall–Kier alpha value is -0.0900. The molecule has 20 heavy (non-hydrogen) atoms. The fraction of sp³-hybridized carbons (Fsp3) is 0.600. The summed E-state index contributed by atoms with van der Waals surface area (Å²) in [6.45, 7) is 4.48. The number of hydrogen-bond acceptors (Lipinski definition) is 2. The van der Waals surface area contributed by atoms with Crippen molar-refractivity contribution in [3.63, 3.8) is 0 Å². The van der Waals surface area contributed by atoms with Crippen molar-refractivity contribution in [1.29, 1.82) is 0 Å². The van der Waals surface area contributed by atoms with Crippen molar-refractivity contribution in [3.8, 4) is 0 Å². The van der Waals surface area contributed by atoms with E-state index in [0.717, 1.165) is 24.2 Å². The Labute approximate surface area is 133 Å². The molecule has 1 aromatic carbocycles. The second-order valence-electron chi connectivity index (χ2n) is 6.06. The van der Waals surface area contributed by atoms with Crippen molar-refractivity contribution in [2.45, 2.75) is 49.3 Å². The lowest BCUT2D eigenvalue weighted by Crippen LogP contribution is -2.52. The highest BCUT2D eigenvalue weighted by molar-refractivity contribution is 7.85. The Morgan fingerprint density at radius 1 is 1.30 bits per heavy atom. The molecular weight excluding hydrogens is 313 g/mol. The summed E-state index contributed by atoms with van der Waals surface area (Å²) in [7, 11) is 0.885. The molecule has 0 bridgehead atoms. The van der Waals surface area contributed by atoms with E-state index in [0.29, 0.717) is 10.0 Å². The summed E-state index contributed by atoms with van der Waals surface area (Å²) in [4.78, 5) is 0.766. The molecule has 1 fully saturated rings. The van der Waals surface area contributed by atoms with Crippen LogP contribution < -0.4 is 5.32 Å². The van der Waals surface area contributed by atoms with Crippen molar-refractivity contribution < 1.29 is 4.21 Å². The fourth-order valence-electron chi connectivity index (χ4n) is 3.17. The van der Waals surface area contributed by atoms with Crippen molar-refractivity contribution >= 4 is 34.0 Å². The Morgan fingerprint density at radius 2 is 2.00 bits per heavy atom. The van der Waals surface area contributed by atoms with Gasteiger partial charge < -0.3 is 5.32 Å². The Kier molecular flexibility index (Phi) is 5.17. The van der Waals surface area contributed by atoms with E-state index in [1.54, 1.807) is 12.1 Å². The van der Waals surface area contributed by atoms with Gasteiger partial charge in [0.15, 0.2) is 0 Å². The van der Waals surface area contributed by atoms with E-state index in [1.165, 1.54) is 0 Å². The molecule has 0 aliphatic heterocycles. The molecule has 0 amide bonds. The van der Waals surface area contributed by atoms with Gasteiger partial charge in [0.1, 0.15) is 0 Å². The van der Waals surface area contributed by atoms with E-state index >= 15 is 0 Å². The minimum Gasteiger partial charge on any atom is -0.315 e. The zero-order valence-electron chi connectivity index (χ0n) is 12.1. The van der Waals surface area contributed by atoms with Crippen LogP contribution in [0.25, 0.3) is 0 Å². The molecule has 1 aliphatic carbocycles. The van der Waals surface area contributed by atoms with Crippen LogP contribution >= 0.6 is 23.2 Å². The van der Waals surface area contributed by atoms with Gasteiger partial charge in [0.2, 0.25) is 0 Å². The highest BCUT2D eigenvalue weighted by atomic mass is 35.5. The summed E-state index contributed by atoms with van der Waals surface area (Å²) in [5.74, 6) is 0. The van der Waals surface area contributed by atoms with E-state index in [9.17, 15) is 4.21 Å².